The second-order valence-corrected chi connectivity index (χ2v) is 7.93. The van der Waals surface area contributed by atoms with Crippen molar-refractivity contribution < 1.29 is 9.53 Å². The van der Waals surface area contributed by atoms with Gasteiger partial charge in [0.25, 0.3) is 0 Å². The summed E-state index contributed by atoms with van der Waals surface area (Å²) >= 11 is 0. The second kappa shape index (κ2) is 7.40. The van der Waals surface area contributed by atoms with Crippen LogP contribution < -0.4 is 10.5 Å². The quantitative estimate of drug-likeness (QED) is 0.592. The number of esters is 1. The van der Waals surface area contributed by atoms with E-state index in [1.807, 2.05) is 63.2 Å². The van der Waals surface area contributed by atoms with Gasteiger partial charge < -0.3 is 10.5 Å². The van der Waals surface area contributed by atoms with E-state index in [1.165, 1.54) is 0 Å². The maximum absolute atomic E-state index is 12.9. The zero-order valence-corrected chi connectivity index (χ0v) is 15.9. The summed E-state index contributed by atoms with van der Waals surface area (Å²) in [4.78, 5) is 12.9. The monoisotopic (exact) mass is 339 g/mol. The maximum atomic E-state index is 12.9. The molecule has 134 valence electrons. The molecular weight excluding hydrogens is 310 g/mol. The molecule has 1 unspecified atom stereocenters. The van der Waals surface area contributed by atoms with E-state index in [9.17, 15) is 4.79 Å². The Morgan fingerprint density at radius 1 is 0.960 bits per heavy atom. The molecule has 0 heterocycles. The van der Waals surface area contributed by atoms with Crippen molar-refractivity contribution in [2.24, 2.45) is 17.1 Å². The van der Waals surface area contributed by atoms with Gasteiger partial charge in [0.15, 0.2) is 0 Å². The highest BCUT2D eigenvalue weighted by atomic mass is 16.5. The van der Waals surface area contributed by atoms with E-state index in [2.05, 4.69) is 26.0 Å². The van der Waals surface area contributed by atoms with Gasteiger partial charge in [-0.3, -0.25) is 4.79 Å². The average Bonchev–Trinajstić information content (AvgIpc) is 2.54. The lowest BCUT2D eigenvalue weighted by Gasteiger charge is -2.40. The van der Waals surface area contributed by atoms with E-state index in [-0.39, 0.29) is 5.97 Å². The zero-order valence-electron chi connectivity index (χ0n) is 15.9. The highest BCUT2D eigenvalue weighted by Gasteiger charge is 2.46. The van der Waals surface area contributed by atoms with Crippen LogP contribution in [0, 0.1) is 11.3 Å². The number of rotatable bonds is 6. The van der Waals surface area contributed by atoms with Crippen molar-refractivity contribution in [1.82, 2.24) is 0 Å². The first-order chi connectivity index (χ1) is 11.6. The van der Waals surface area contributed by atoms with Crippen molar-refractivity contribution in [2.45, 2.75) is 46.6 Å². The molecule has 0 radical (unpaired) electrons. The highest BCUT2D eigenvalue weighted by molar-refractivity contribution is 5.80. The molecule has 0 aromatic heterocycles. The van der Waals surface area contributed by atoms with Crippen molar-refractivity contribution in [2.75, 3.05) is 0 Å². The molecule has 1 atom stereocenters. The molecule has 2 rings (SSSR count). The average molecular weight is 339 g/mol. The van der Waals surface area contributed by atoms with Crippen LogP contribution in [0.2, 0.25) is 0 Å². The number of nitrogens with two attached hydrogens (primary N) is 1. The van der Waals surface area contributed by atoms with E-state index in [1.54, 1.807) is 0 Å². The third-order valence-corrected chi connectivity index (χ3v) is 4.86. The molecule has 0 bridgehead atoms. The minimum Gasteiger partial charge on any atom is -0.426 e. The van der Waals surface area contributed by atoms with Gasteiger partial charge in [0, 0.05) is 5.54 Å². The first-order valence-electron chi connectivity index (χ1n) is 8.80. The maximum Gasteiger partial charge on any atom is 0.319 e. The predicted molar refractivity (Wildman–Crippen MR) is 103 cm³/mol. The van der Waals surface area contributed by atoms with Crippen LogP contribution in [0.3, 0.4) is 0 Å². The fraction of sp³-hybridized carbons (Fsp3) is 0.409. The normalized spacial score (nSPS) is 14.2. The largest absolute Gasteiger partial charge is 0.426 e. The summed E-state index contributed by atoms with van der Waals surface area (Å²) in [5, 5.41) is 0. The topological polar surface area (TPSA) is 52.3 Å². The van der Waals surface area contributed by atoms with E-state index in [0.717, 1.165) is 11.1 Å². The van der Waals surface area contributed by atoms with Crippen LogP contribution in [0.5, 0.6) is 5.75 Å². The van der Waals surface area contributed by atoms with Gasteiger partial charge >= 0.3 is 5.97 Å². The molecule has 25 heavy (non-hydrogen) atoms. The molecule has 0 spiro atoms. The molecule has 0 aliphatic heterocycles. The van der Waals surface area contributed by atoms with Crippen molar-refractivity contribution in [3.63, 3.8) is 0 Å². The SMILES string of the molecule is CC(C)CC(C)(C(=O)Oc1ccc(-c2ccccc2)cc1)C(C)(C)N. The molecule has 0 saturated heterocycles. The van der Waals surface area contributed by atoms with Crippen LogP contribution in [0.15, 0.2) is 54.6 Å². The Morgan fingerprint density at radius 3 is 1.96 bits per heavy atom. The van der Waals surface area contributed by atoms with Gasteiger partial charge in [-0.15, -0.1) is 0 Å². The Morgan fingerprint density at radius 2 is 1.48 bits per heavy atom. The minimum absolute atomic E-state index is 0.277. The summed E-state index contributed by atoms with van der Waals surface area (Å²) < 4.78 is 5.68. The number of ether oxygens (including phenoxy) is 1. The number of carbonyl (C=O) groups excluding carboxylic acids is 1. The van der Waals surface area contributed by atoms with Crippen molar-refractivity contribution in [3.05, 3.63) is 54.6 Å². The molecule has 2 N–H and O–H groups in total. The van der Waals surface area contributed by atoms with E-state index in [4.69, 9.17) is 10.5 Å². The van der Waals surface area contributed by atoms with Gasteiger partial charge in [0.1, 0.15) is 5.75 Å². The van der Waals surface area contributed by atoms with Crippen LogP contribution in [0.25, 0.3) is 11.1 Å². The van der Waals surface area contributed by atoms with Crippen LogP contribution >= 0.6 is 0 Å². The first-order valence-corrected chi connectivity index (χ1v) is 8.80. The molecular formula is C22H29NO2. The third kappa shape index (κ3) is 4.49. The number of benzene rings is 2. The molecule has 0 amide bonds. The van der Waals surface area contributed by atoms with Crippen LogP contribution in [0.1, 0.15) is 41.0 Å². The molecule has 2 aromatic rings. The Balaban J connectivity index is 2.19. The fourth-order valence-electron chi connectivity index (χ4n) is 2.99. The third-order valence-electron chi connectivity index (χ3n) is 4.86. The zero-order chi connectivity index (χ0) is 18.7. The van der Waals surface area contributed by atoms with E-state index in [0.29, 0.717) is 18.1 Å². The summed E-state index contributed by atoms with van der Waals surface area (Å²) in [5.74, 6) is 0.617. The van der Waals surface area contributed by atoms with Gasteiger partial charge in [-0.05, 0) is 56.4 Å². The summed E-state index contributed by atoms with van der Waals surface area (Å²) in [6.45, 7) is 9.84. The standard InChI is InChI=1S/C22H29NO2/c1-16(2)15-22(5,21(3,4)23)20(24)25-19-13-11-18(12-14-19)17-9-7-6-8-10-17/h6-14,16H,15,23H2,1-5H3. The number of carbonyl (C=O) groups is 1. The molecule has 0 fully saturated rings. The van der Waals surface area contributed by atoms with Gasteiger partial charge in [0.05, 0.1) is 5.41 Å². The summed E-state index contributed by atoms with van der Waals surface area (Å²) in [5.41, 5.74) is 7.12. The van der Waals surface area contributed by atoms with Gasteiger partial charge in [-0.1, -0.05) is 56.3 Å². The Hall–Kier alpha value is -2.13. The van der Waals surface area contributed by atoms with Crippen molar-refractivity contribution in [1.29, 1.82) is 0 Å². The number of hydrogen-bond acceptors (Lipinski definition) is 3. The summed E-state index contributed by atoms with van der Waals surface area (Å²) in [6, 6.07) is 17.7. The molecule has 0 aliphatic rings. The molecule has 3 nitrogen and oxygen atoms in total. The van der Waals surface area contributed by atoms with Crippen LogP contribution in [0.4, 0.5) is 0 Å². The second-order valence-electron chi connectivity index (χ2n) is 7.93. The van der Waals surface area contributed by atoms with Gasteiger partial charge in [0.2, 0.25) is 0 Å². The van der Waals surface area contributed by atoms with Gasteiger partial charge in [-0.25, -0.2) is 0 Å². The van der Waals surface area contributed by atoms with Gasteiger partial charge in [-0.2, -0.15) is 0 Å². The van der Waals surface area contributed by atoms with Crippen molar-refractivity contribution >= 4 is 5.97 Å². The lowest BCUT2D eigenvalue weighted by atomic mass is 9.68. The first kappa shape index (κ1) is 19.2. The van der Waals surface area contributed by atoms with Crippen molar-refractivity contribution in [3.8, 4) is 16.9 Å². The highest BCUT2D eigenvalue weighted by Crippen LogP contribution is 2.37. The molecule has 3 heteroatoms. The molecule has 0 saturated carbocycles. The predicted octanol–water partition coefficient (Wildman–Crippen LogP) is 5.05. The Bertz CT molecular complexity index is 699. The van der Waals surface area contributed by atoms with E-state index >= 15 is 0 Å². The summed E-state index contributed by atoms with van der Waals surface area (Å²) in [6.07, 6.45) is 0.678. The Labute approximate surface area is 151 Å². The van der Waals surface area contributed by atoms with Crippen LogP contribution in [-0.4, -0.2) is 11.5 Å². The number of hydrogen-bond donors (Lipinski definition) is 1. The van der Waals surface area contributed by atoms with E-state index < -0.39 is 11.0 Å². The lowest BCUT2D eigenvalue weighted by molar-refractivity contribution is -0.149. The molecule has 2 aromatic carbocycles. The fourth-order valence-corrected chi connectivity index (χ4v) is 2.99. The smallest absolute Gasteiger partial charge is 0.319 e. The van der Waals surface area contributed by atoms with Crippen LogP contribution in [-0.2, 0) is 4.79 Å². The minimum atomic E-state index is -0.751. The molecule has 0 aliphatic carbocycles. The lowest BCUT2D eigenvalue weighted by Crippen LogP contribution is -2.55. The Kier molecular flexibility index (Phi) is 5.69. The summed E-state index contributed by atoms with van der Waals surface area (Å²) in [7, 11) is 0.